The fraction of sp³-hybridized carbons (Fsp3) is 0.379. The van der Waals surface area contributed by atoms with Crippen LogP contribution in [0.15, 0.2) is 54.7 Å². The fourth-order valence-electron chi connectivity index (χ4n) is 4.46. The summed E-state index contributed by atoms with van der Waals surface area (Å²) in [5.74, 6) is -3.07. The number of unbranched alkanes of at least 4 members (excludes halogenated alkanes) is 1. The number of aromatic amines is 1. The molecule has 0 saturated carbocycles. The summed E-state index contributed by atoms with van der Waals surface area (Å²) in [6.07, 6.45) is 3.09. The molecule has 0 fully saturated rings. The molecule has 0 unspecified atom stereocenters. The molecule has 0 aliphatic heterocycles. The molecule has 1 aromatic heterocycles. The first-order chi connectivity index (χ1) is 20.1. The summed E-state index contributed by atoms with van der Waals surface area (Å²) < 4.78 is 0. The number of rotatable bonds is 16. The molecular weight excluding hydrogens is 560 g/mol. The minimum absolute atomic E-state index is 0.0371. The van der Waals surface area contributed by atoms with Crippen molar-refractivity contribution in [2.24, 2.45) is 11.5 Å². The number of phenols is 1. The number of carboxylic acids is 1. The number of hydrogen-bond donors (Lipinski definition) is 9. The minimum atomic E-state index is -1.20. The number of H-pyrrole nitrogens is 1. The van der Waals surface area contributed by atoms with E-state index in [0.717, 1.165) is 16.5 Å². The molecule has 3 aromatic rings. The van der Waals surface area contributed by atoms with Crippen LogP contribution >= 0.6 is 12.6 Å². The predicted octanol–water partition coefficient (Wildman–Crippen LogP) is 0.584. The van der Waals surface area contributed by atoms with E-state index in [9.17, 15) is 29.4 Å². The van der Waals surface area contributed by atoms with E-state index >= 15 is 0 Å². The Balaban J connectivity index is 1.89. The number of carbonyl (C=O) groups excluding carboxylic acids is 3. The lowest BCUT2D eigenvalue weighted by molar-refractivity contribution is -0.142. The second-order valence-electron chi connectivity index (χ2n) is 10.0. The molecule has 4 atom stereocenters. The van der Waals surface area contributed by atoms with Gasteiger partial charge in [0, 0.05) is 35.7 Å². The first kappa shape index (κ1) is 32.4. The van der Waals surface area contributed by atoms with Gasteiger partial charge in [0.05, 0.1) is 6.04 Å². The van der Waals surface area contributed by atoms with Gasteiger partial charge < -0.3 is 42.6 Å². The molecule has 2 aromatic carbocycles. The van der Waals surface area contributed by atoms with E-state index in [-0.39, 0.29) is 30.8 Å². The van der Waals surface area contributed by atoms with Crippen LogP contribution in [0, 0.1) is 0 Å². The van der Waals surface area contributed by atoms with E-state index < -0.39 is 47.9 Å². The number of thiol groups is 1. The third-order valence-electron chi connectivity index (χ3n) is 6.84. The highest BCUT2D eigenvalue weighted by atomic mass is 32.1. The van der Waals surface area contributed by atoms with E-state index in [1.54, 1.807) is 18.3 Å². The smallest absolute Gasteiger partial charge is 0.326 e. The van der Waals surface area contributed by atoms with E-state index in [0.29, 0.717) is 24.9 Å². The van der Waals surface area contributed by atoms with Crippen LogP contribution in [0.5, 0.6) is 5.75 Å². The van der Waals surface area contributed by atoms with Gasteiger partial charge in [-0.05, 0) is 55.1 Å². The Morgan fingerprint density at radius 2 is 1.48 bits per heavy atom. The second kappa shape index (κ2) is 15.8. The number of nitrogens with one attached hydrogen (secondary N) is 4. The zero-order chi connectivity index (χ0) is 30.6. The van der Waals surface area contributed by atoms with Crippen molar-refractivity contribution >= 4 is 47.2 Å². The first-order valence-electron chi connectivity index (χ1n) is 13.7. The van der Waals surface area contributed by atoms with Crippen molar-refractivity contribution < 1.29 is 29.4 Å². The molecule has 13 heteroatoms. The zero-order valence-electron chi connectivity index (χ0n) is 23.1. The van der Waals surface area contributed by atoms with E-state index in [4.69, 9.17) is 11.5 Å². The number of fused-ring (bicyclic) bond motifs is 1. The van der Waals surface area contributed by atoms with Crippen molar-refractivity contribution in [3.05, 3.63) is 65.9 Å². The maximum absolute atomic E-state index is 13.6. The lowest BCUT2D eigenvalue weighted by Crippen LogP contribution is -2.58. The quantitative estimate of drug-likeness (QED) is 0.0838. The molecule has 3 rings (SSSR count). The van der Waals surface area contributed by atoms with Crippen LogP contribution in [0.2, 0.25) is 0 Å². The Kier molecular flexibility index (Phi) is 12.2. The zero-order valence-corrected chi connectivity index (χ0v) is 24.0. The van der Waals surface area contributed by atoms with Gasteiger partial charge in [0.2, 0.25) is 17.7 Å². The van der Waals surface area contributed by atoms with Crippen molar-refractivity contribution in [2.75, 3.05) is 12.3 Å². The highest BCUT2D eigenvalue weighted by molar-refractivity contribution is 7.80. The lowest BCUT2D eigenvalue weighted by Gasteiger charge is -2.25. The molecule has 0 saturated heterocycles. The molecule has 226 valence electrons. The lowest BCUT2D eigenvalue weighted by atomic mass is 10.0. The number of aromatic hydroxyl groups is 1. The molecule has 0 bridgehead atoms. The number of hydrogen-bond acceptors (Lipinski definition) is 8. The van der Waals surface area contributed by atoms with Crippen molar-refractivity contribution in [1.29, 1.82) is 0 Å². The summed E-state index contributed by atoms with van der Waals surface area (Å²) in [5, 5.41) is 28.1. The molecule has 0 aliphatic rings. The molecule has 10 N–H and O–H groups in total. The highest BCUT2D eigenvalue weighted by Gasteiger charge is 2.31. The van der Waals surface area contributed by atoms with Crippen molar-refractivity contribution in [1.82, 2.24) is 20.9 Å². The fourth-order valence-corrected chi connectivity index (χ4v) is 4.63. The molecule has 12 nitrogen and oxygen atoms in total. The van der Waals surface area contributed by atoms with Gasteiger partial charge in [-0.25, -0.2) is 4.79 Å². The Labute approximate surface area is 249 Å². The summed E-state index contributed by atoms with van der Waals surface area (Å²) >= 11 is 4.05. The van der Waals surface area contributed by atoms with Crippen molar-refractivity contribution in [3.63, 3.8) is 0 Å². The first-order valence-corrected chi connectivity index (χ1v) is 14.3. The van der Waals surface area contributed by atoms with Gasteiger partial charge >= 0.3 is 5.97 Å². The number of aliphatic carboxylic acids is 1. The van der Waals surface area contributed by atoms with Crippen LogP contribution in [-0.2, 0) is 32.0 Å². The van der Waals surface area contributed by atoms with Gasteiger partial charge in [0.15, 0.2) is 0 Å². The van der Waals surface area contributed by atoms with E-state index in [1.807, 2.05) is 24.3 Å². The monoisotopic (exact) mass is 598 g/mol. The van der Waals surface area contributed by atoms with Crippen LogP contribution < -0.4 is 27.4 Å². The molecule has 1 heterocycles. The van der Waals surface area contributed by atoms with Crippen LogP contribution in [0.1, 0.15) is 30.4 Å². The standard InChI is InChI=1S/C29H38N6O6S/c30-12-4-3-7-23(29(40)41)33-28(39)25(14-18-15-32-22-6-2-1-5-20(18)22)35-27(38)24(34-26(37)21(31)16-42)13-17-8-10-19(36)11-9-17/h1-2,5-6,8-11,15,21,23-25,32,36,42H,3-4,7,12-14,16,30-31H2,(H,33,39)(H,34,37)(H,35,38)(H,40,41)/t21-,23-,24-,25+/m0/s1. The Morgan fingerprint density at radius 3 is 2.12 bits per heavy atom. The number of carbonyl (C=O) groups is 4. The van der Waals surface area contributed by atoms with Gasteiger partial charge in [-0.2, -0.15) is 12.6 Å². The Morgan fingerprint density at radius 1 is 0.857 bits per heavy atom. The van der Waals surface area contributed by atoms with Gasteiger partial charge in [-0.15, -0.1) is 0 Å². The summed E-state index contributed by atoms with van der Waals surface area (Å²) in [4.78, 5) is 54.8. The third-order valence-corrected chi connectivity index (χ3v) is 7.23. The number of para-hydroxylation sites is 1. The average molecular weight is 599 g/mol. The predicted molar refractivity (Wildman–Crippen MR) is 162 cm³/mol. The number of amides is 3. The average Bonchev–Trinajstić information content (AvgIpc) is 3.39. The topological polar surface area (TPSA) is 213 Å². The molecule has 0 spiro atoms. The van der Waals surface area contributed by atoms with Crippen LogP contribution in [0.4, 0.5) is 0 Å². The number of nitrogens with two attached hydrogens (primary N) is 2. The Bertz CT molecular complexity index is 1360. The van der Waals surface area contributed by atoms with Gasteiger partial charge in [-0.3, -0.25) is 14.4 Å². The van der Waals surface area contributed by atoms with E-state index in [2.05, 4.69) is 33.6 Å². The largest absolute Gasteiger partial charge is 0.508 e. The Hall–Kier alpha value is -4.07. The van der Waals surface area contributed by atoms with Crippen LogP contribution in [0.25, 0.3) is 10.9 Å². The van der Waals surface area contributed by atoms with E-state index in [1.165, 1.54) is 12.1 Å². The highest BCUT2D eigenvalue weighted by Crippen LogP contribution is 2.20. The van der Waals surface area contributed by atoms with Crippen molar-refractivity contribution in [2.45, 2.75) is 56.3 Å². The van der Waals surface area contributed by atoms with Crippen LogP contribution in [-0.4, -0.2) is 75.4 Å². The molecule has 42 heavy (non-hydrogen) atoms. The number of benzene rings is 2. The summed E-state index contributed by atoms with van der Waals surface area (Å²) in [6.45, 7) is 0.393. The molecule has 0 aliphatic carbocycles. The summed E-state index contributed by atoms with van der Waals surface area (Å²) in [7, 11) is 0. The number of carboxylic acid groups (broad SMARTS) is 1. The normalized spacial score (nSPS) is 14.0. The second-order valence-corrected chi connectivity index (χ2v) is 10.4. The molecule has 0 radical (unpaired) electrons. The SMILES string of the molecule is NCCCC[C@H](NC(=O)[C@@H](Cc1c[nH]c2ccccc12)NC(=O)[C@H](Cc1ccc(O)cc1)NC(=O)[C@@H](N)CS)C(=O)O. The van der Waals surface area contributed by atoms with Gasteiger partial charge in [0.1, 0.15) is 23.9 Å². The van der Waals surface area contributed by atoms with Crippen molar-refractivity contribution in [3.8, 4) is 5.75 Å². The minimum Gasteiger partial charge on any atom is -0.508 e. The maximum atomic E-state index is 13.6. The van der Waals surface area contributed by atoms with Gasteiger partial charge in [-0.1, -0.05) is 30.3 Å². The summed E-state index contributed by atoms with van der Waals surface area (Å²) in [6, 6.07) is 9.12. The van der Waals surface area contributed by atoms with Gasteiger partial charge in [0.25, 0.3) is 0 Å². The molecular formula is C29H38N6O6S. The molecule has 3 amide bonds. The maximum Gasteiger partial charge on any atom is 0.326 e. The number of phenolic OH excluding ortho intramolecular Hbond substituents is 1. The number of aromatic nitrogens is 1. The van der Waals surface area contributed by atoms with Crippen LogP contribution in [0.3, 0.4) is 0 Å². The summed E-state index contributed by atoms with van der Waals surface area (Å²) in [5.41, 5.74) is 13.6. The third kappa shape index (κ3) is 9.23.